The van der Waals surface area contributed by atoms with Gasteiger partial charge in [0, 0.05) is 35.5 Å². The maximum absolute atomic E-state index is 12.9. The highest BCUT2D eigenvalue weighted by Gasteiger charge is 2.30. The number of nitrogens with zero attached hydrogens (tertiary/aromatic N) is 2. The van der Waals surface area contributed by atoms with Crippen molar-refractivity contribution < 1.29 is 18.0 Å². The quantitative estimate of drug-likeness (QED) is 0.175. The van der Waals surface area contributed by atoms with Crippen molar-refractivity contribution >= 4 is 17.7 Å². The van der Waals surface area contributed by atoms with Crippen molar-refractivity contribution in [3.8, 4) is 22.5 Å². The third-order valence-electron chi connectivity index (χ3n) is 6.19. The van der Waals surface area contributed by atoms with Gasteiger partial charge in [-0.25, -0.2) is 4.98 Å². The number of rotatable bonds is 9. The van der Waals surface area contributed by atoms with Gasteiger partial charge in [-0.15, -0.1) is 0 Å². The Morgan fingerprint density at radius 1 is 0.947 bits per heavy atom. The molecule has 8 heteroatoms. The highest BCUT2D eigenvalue weighted by Crippen LogP contribution is 2.36. The Morgan fingerprint density at radius 3 is 2.18 bits per heavy atom. The SMILES string of the molecule is CCn1c(SCCCNC(=O)c2cccc(C(F)(F)F)c2)nc(-c2ccc(C)cc2)c1-c1ccc(C)cc1. The van der Waals surface area contributed by atoms with Gasteiger partial charge in [0.1, 0.15) is 0 Å². The van der Waals surface area contributed by atoms with Crippen LogP contribution < -0.4 is 5.32 Å². The number of benzene rings is 3. The molecule has 4 rings (SSSR count). The summed E-state index contributed by atoms with van der Waals surface area (Å²) in [7, 11) is 0. The first-order chi connectivity index (χ1) is 18.2. The molecule has 0 spiro atoms. The summed E-state index contributed by atoms with van der Waals surface area (Å²) in [5.74, 6) is 0.181. The predicted octanol–water partition coefficient (Wildman–Crippen LogP) is 7.78. The Balaban J connectivity index is 1.47. The summed E-state index contributed by atoms with van der Waals surface area (Å²) < 4.78 is 41.1. The number of amides is 1. The van der Waals surface area contributed by atoms with E-state index in [0.29, 0.717) is 18.7 Å². The summed E-state index contributed by atoms with van der Waals surface area (Å²) in [4.78, 5) is 17.4. The fourth-order valence-electron chi connectivity index (χ4n) is 4.13. The van der Waals surface area contributed by atoms with Gasteiger partial charge in [-0.1, -0.05) is 77.5 Å². The lowest BCUT2D eigenvalue weighted by atomic mass is 10.0. The lowest BCUT2D eigenvalue weighted by molar-refractivity contribution is -0.137. The average molecular weight is 538 g/mol. The molecule has 3 aromatic carbocycles. The summed E-state index contributed by atoms with van der Waals surface area (Å²) in [5.41, 5.74) is 5.68. The van der Waals surface area contributed by atoms with Crippen molar-refractivity contribution in [2.75, 3.05) is 12.3 Å². The molecule has 0 saturated carbocycles. The maximum Gasteiger partial charge on any atom is 0.416 e. The van der Waals surface area contributed by atoms with Gasteiger partial charge in [-0.3, -0.25) is 4.79 Å². The molecule has 0 saturated heterocycles. The Kier molecular flexibility index (Phi) is 8.62. The van der Waals surface area contributed by atoms with Crippen LogP contribution in [0.1, 0.15) is 40.4 Å². The van der Waals surface area contributed by atoms with Crippen LogP contribution in [-0.4, -0.2) is 27.8 Å². The minimum Gasteiger partial charge on any atom is -0.352 e. The summed E-state index contributed by atoms with van der Waals surface area (Å²) >= 11 is 1.61. The molecule has 0 unspecified atom stereocenters. The molecular weight excluding hydrogens is 507 g/mol. The first kappa shape index (κ1) is 27.5. The zero-order chi connectivity index (χ0) is 27.3. The van der Waals surface area contributed by atoms with Crippen molar-refractivity contribution in [1.82, 2.24) is 14.9 Å². The third-order valence-corrected chi connectivity index (χ3v) is 7.25. The number of carbonyl (C=O) groups is 1. The van der Waals surface area contributed by atoms with Crippen LogP contribution in [0.3, 0.4) is 0 Å². The highest BCUT2D eigenvalue weighted by molar-refractivity contribution is 7.99. The van der Waals surface area contributed by atoms with Gasteiger partial charge in [-0.2, -0.15) is 13.2 Å². The predicted molar refractivity (Wildman–Crippen MR) is 147 cm³/mol. The van der Waals surface area contributed by atoms with Gasteiger partial charge in [0.2, 0.25) is 0 Å². The van der Waals surface area contributed by atoms with E-state index in [-0.39, 0.29) is 5.56 Å². The van der Waals surface area contributed by atoms with Crippen molar-refractivity contribution in [2.45, 2.75) is 45.1 Å². The average Bonchev–Trinajstić information content (AvgIpc) is 3.27. The van der Waals surface area contributed by atoms with Crippen LogP contribution in [0.5, 0.6) is 0 Å². The van der Waals surface area contributed by atoms with Gasteiger partial charge >= 0.3 is 6.18 Å². The van der Waals surface area contributed by atoms with E-state index in [1.54, 1.807) is 11.8 Å². The Morgan fingerprint density at radius 2 is 1.58 bits per heavy atom. The van der Waals surface area contributed by atoms with Crippen LogP contribution in [0.4, 0.5) is 13.2 Å². The number of hydrogen-bond acceptors (Lipinski definition) is 3. The number of imidazole rings is 1. The minimum absolute atomic E-state index is 0.000478. The lowest BCUT2D eigenvalue weighted by Crippen LogP contribution is -2.25. The van der Waals surface area contributed by atoms with Crippen LogP contribution in [0, 0.1) is 13.8 Å². The van der Waals surface area contributed by atoms with Gasteiger partial charge in [0.15, 0.2) is 5.16 Å². The molecule has 38 heavy (non-hydrogen) atoms. The van der Waals surface area contributed by atoms with Gasteiger partial charge in [0.25, 0.3) is 5.91 Å². The first-order valence-electron chi connectivity index (χ1n) is 12.5. The van der Waals surface area contributed by atoms with Crippen molar-refractivity contribution in [3.63, 3.8) is 0 Å². The van der Waals surface area contributed by atoms with Gasteiger partial charge < -0.3 is 9.88 Å². The van der Waals surface area contributed by atoms with Crippen molar-refractivity contribution in [3.05, 3.63) is 95.1 Å². The molecule has 198 valence electrons. The normalized spacial score (nSPS) is 11.5. The van der Waals surface area contributed by atoms with E-state index in [0.717, 1.165) is 46.3 Å². The van der Waals surface area contributed by atoms with E-state index in [9.17, 15) is 18.0 Å². The van der Waals surface area contributed by atoms with Crippen LogP contribution in [-0.2, 0) is 12.7 Å². The van der Waals surface area contributed by atoms with Crippen LogP contribution in [0.25, 0.3) is 22.5 Å². The molecule has 1 heterocycles. The number of halogens is 3. The van der Waals surface area contributed by atoms with E-state index in [1.807, 2.05) is 0 Å². The zero-order valence-corrected chi connectivity index (χ0v) is 22.4. The second-order valence-corrected chi connectivity index (χ2v) is 10.2. The maximum atomic E-state index is 12.9. The molecule has 0 bridgehead atoms. The summed E-state index contributed by atoms with van der Waals surface area (Å²) in [6, 6.07) is 21.2. The Labute approximate surface area is 225 Å². The number of alkyl halides is 3. The van der Waals surface area contributed by atoms with Crippen LogP contribution in [0.2, 0.25) is 0 Å². The largest absolute Gasteiger partial charge is 0.416 e. The fraction of sp³-hybridized carbons (Fsp3) is 0.267. The monoisotopic (exact) mass is 537 g/mol. The molecule has 4 nitrogen and oxygen atoms in total. The van der Waals surface area contributed by atoms with Crippen molar-refractivity contribution in [1.29, 1.82) is 0 Å². The second kappa shape index (κ2) is 11.9. The lowest BCUT2D eigenvalue weighted by Gasteiger charge is -2.11. The van der Waals surface area contributed by atoms with Gasteiger partial charge in [-0.05, 0) is 45.4 Å². The van der Waals surface area contributed by atoms with E-state index < -0.39 is 17.6 Å². The van der Waals surface area contributed by atoms with Crippen LogP contribution in [0.15, 0.2) is 78.0 Å². The number of hydrogen-bond donors (Lipinski definition) is 1. The highest BCUT2D eigenvalue weighted by atomic mass is 32.2. The second-order valence-electron chi connectivity index (χ2n) is 9.10. The molecule has 1 aromatic heterocycles. The molecule has 0 aliphatic rings. The first-order valence-corrected chi connectivity index (χ1v) is 13.5. The van der Waals surface area contributed by atoms with E-state index in [4.69, 9.17) is 4.98 Å². The number of aryl methyl sites for hydroxylation is 2. The summed E-state index contributed by atoms with van der Waals surface area (Å²) in [5, 5.41) is 3.62. The molecule has 1 amide bonds. The fourth-order valence-corrected chi connectivity index (χ4v) is 5.13. The number of aromatic nitrogens is 2. The standard InChI is InChI=1S/C30H30F3N3OS/c1-4-36-27(23-15-11-21(3)12-16-23)26(22-13-9-20(2)10-14-22)35-29(36)38-18-6-17-34-28(37)24-7-5-8-25(19-24)30(31,32)33/h5,7-16,19H,4,6,17-18H2,1-3H3,(H,34,37). The minimum atomic E-state index is -4.48. The number of carbonyl (C=O) groups excluding carboxylic acids is 1. The number of nitrogens with one attached hydrogen (secondary N) is 1. The van der Waals surface area contributed by atoms with Crippen LogP contribution >= 0.6 is 11.8 Å². The van der Waals surface area contributed by atoms with E-state index >= 15 is 0 Å². The molecule has 0 atom stereocenters. The Hall–Kier alpha value is -3.52. The zero-order valence-electron chi connectivity index (χ0n) is 21.6. The molecule has 0 aliphatic carbocycles. The van der Waals surface area contributed by atoms with Gasteiger partial charge in [0.05, 0.1) is 17.0 Å². The molecule has 0 radical (unpaired) electrons. The smallest absolute Gasteiger partial charge is 0.352 e. The topological polar surface area (TPSA) is 46.9 Å². The van der Waals surface area contributed by atoms with E-state index in [1.165, 1.54) is 23.3 Å². The molecule has 0 aliphatic heterocycles. The molecule has 0 fully saturated rings. The summed E-state index contributed by atoms with van der Waals surface area (Å²) in [6.07, 6.45) is -3.84. The van der Waals surface area contributed by atoms with E-state index in [2.05, 4.69) is 79.2 Å². The summed E-state index contributed by atoms with van der Waals surface area (Å²) in [6.45, 7) is 7.32. The molecule has 4 aromatic rings. The van der Waals surface area contributed by atoms with Crippen molar-refractivity contribution in [2.24, 2.45) is 0 Å². The number of thioether (sulfide) groups is 1. The molecular formula is C30H30F3N3OS. The third kappa shape index (κ3) is 6.48. The Bertz CT molecular complexity index is 1390. The molecule has 1 N–H and O–H groups in total.